The topological polar surface area (TPSA) is 98.1 Å². The zero-order valence-electron chi connectivity index (χ0n) is 16.2. The second-order valence-corrected chi connectivity index (χ2v) is 6.97. The lowest BCUT2D eigenvalue weighted by atomic mass is 10.1. The Labute approximate surface area is 157 Å². The van der Waals surface area contributed by atoms with E-state index in [2.05, 4.69) is 16.9 Å². The third-order valence-electron chi connectivity index (χ3n) is 4.50. The monoisotopic (exact) mass is 365 g/mol. The number of esters is 2. The van der Waals surface area contributed by atoms with E-state index in [0.29, 0.717) is 0 Å². The Morgan fingerprint density at radius 1 is 1.04 bits per heavy atom. The number of aromatic nitrogens is 2. The van der Waals surface area contributed by atoms with Crippen molar-refractivity contribution in [1.29, 1.82) is 0 Å². The molecule has 0 spiro atoms. The molecule has 0 bridgehead atoms. The van der Waals surface area contributed by atoms with Crippen LogP contribution in [-0.4, -0.2) is 27.9 Å². The average molecular weight is 366 g/mol. The lowest BCUT2D eigenvalue weighted by molar-refractivity contribution is -0.160. The molecule has 1 aromatic rings. The van der Waals surface area contributed by atoms with Gasteiger partial charge in [0, 0.05) is 24.7 Å². The highest BCUT2D eigenvalue weighted by molar-refractivity contribution is 5.88. The molecule has 1 aromatic heterocycles. The Hall–Kier alpha value is -1.69. The minimum atomic E-state index is -0.850. The molecule has 0 unspecified atom stereocenters. The second-order valence-electron chi connectivity index (χ2n) is 6.97. The Bertz CT molecular complexity index is 489. The number of nitrogens with one attached hydrogen (secondary N) is 1. The molecule has 0 aliphatic rings. The third kappa shape index (κ3) is 11.0. The van der Waals surface area contributed by atoms with Crippen molar-refractivity contribution < 1.29 is 14.3 Å². The highest BCUT2D eigenvalue weighted by Gasteiger charge is 2.19. The number of ether oxygens (including phenoxy) is 1. The average Bonchev–Trinajstić information content (AvgIpc) is 3.12. The summed E-state index contributed by atoms with van der Waals surface area (Å²) in [4.78, 5) is 30.2. The molecule has 0 aromatic carbocycles. The smallest absolute Gasteiger partial charge is 0.330 e. The number of aromatic amines is 1. The zero-order valence-corrected chi connectivity index (χ0v) is 16.2. The summed E-state index contributed by atoms with van der Waals surface area (Å²) in [5, 5.41) is 0. The van der Waals surface area contributed by atoms with Crippen LogP contribution >= 0.6 is 0 Å². The summed E-state index contributed by atoms with van der Waals surface area (Å²) in [7, 11) is 0. The van der Waals surface area contributed by atoms with E-state index in [1.807, 2.05) is 0 Å². The number of nitrogens with two attached hydrogens (primary N) is 1. The van der Waals surface area contributed by atoms with Gasteiger partial charge in [-0.1, -0.05) is 71.1 Å². The number of H-pyrrole nitrogens is 1. The van der Waals surface area contributed by atoms with Crippen LogP contribution in [0.25, 0.3) is 0 Å². The van der Waals surface area contributed by atoms with Crippen molar-refractivity contribution in [3.8, 4) is 0 Å². The van der Waals surface area contributed by atoms with Gasteiger partial charge in [-0.05, 0) is 6.42 Å². The van der Waals surface area contributed by atoms with E-state index in [4.69, 9.17) is 10.5 Å². The Balaban J connectivity index is 1.95. The number of imidazole rings is 1. The predicted molar refractivity (Wildman–Crippen MR) is 102 cm³/mol. The van der Waals surface area contributed by atoms with Crippen LogP contribution in [0.4, 0.5) is 0 Å². The molecular weight excluding hydrogens is 330 g/mol. The first-order chi connectivity index (χ1) is 12.6. The quantitative estimate of drug-likeness (QED) is 0.277. The largest absolute Gasteiger partial charge is 0.392 e. The van der Waals surface area contributed by atoms with E-state index in [0.717, 1.165) is 25.0 Å². The van der Waals surface area contributed by atoms with Gasteiger partial charge >= 0.3 is 11.9 Å². The van der Waals surface area contributed by atoms with Crippen LogP contribution in [0, 0.1) is 0 Å². The molecule has 3 N–H and O–H groups in total. The van der Waals surface area contributed by atoms with E-state index in [1.54, 1.807) is 6.20 Å². The van der Waals surface area contributed by atoms with Crippen molar-refractivity contribution >= 4 is 11.9 Å². The number of hydrogen-bond acceptors (Lipinski definition) is 5. The minimum Gasteiger partial charge on any atom is -0.392 e. The summed E-state index contributed by atoms with van der Waals surface area (Å²) >= 11 is 0. The summed E-state index contributed by atoms with van der Waals surface area (Å²) in [6.45, 7) is 2.24. The molecular formula is C20H35N3O3. The van der Waals surface area contributed by atoms with Gasteiger partial charge in [0.1, 0.15) is 6.04 Å². The highest BCUT2D eigenvalue weighted by atomic mass is 16.6. The summed E-state index contributed by atoms with van der Waals surface area (Å²) in [5.41, 5.74) is 6.49. The Morgan fingerprint density at radius 2 is 1.62 bits per heavy atom. The fraction of sp³-hybridized carbons (Fsp3) is 0.750. The molecule has 0 radical (unpaired) electrons. The molecule has 0 amide bonds. The van der Waals surface area contributed by atoms with Crippen LogP contribution in [0.5, 0.6) is 0 Å². The van der Waals surface area contributed by atoms with Crippen molar-refractivity contribution in [1.82, 2.24) is 9.97 Å². The Kier molecular flexibility index (Phi) is 12.4. The van der Waals surface area contributed by atoms with Gasteiger partial charge in [-0.3, -0.25) is 4.79 Å². The standard InChI is InChI=1S/C20H35N3O3/c1-2-3-4-5-6-7-8-9-10-11-12-13-19(24)26-20(25)18(21)14-17-15-22-16-23-17/h15-16,18H,2-14,21H2,1H3,(H,22,23)/t18-/m0/s1. The van der Waals surface area contributed by atoms with Crippen molar-refractivity contribution in [3.63, 3.8) is 0 Å². The van der Waals surface area contributed by atoms with Crippen molar-refractivity contribution in [3.05, 3.63) is 18.2 Å². The van der Waals surface area contributed by atoms with Crippen LogP contribution in [-0.2, 0) is 20.7 Å². The summed E-state index contributed by atoms with van der Waals surface area (Å²) in [6, 6.07) is -0.850. The van der Waals surface area contributed by atoms with Crippen molar-refractivity contribution in [2.45, 2.75) is 96.4 Å². The molecule has 6 heteroatoms. The van der Waals surface area contributed by atoms with Crippen molar-refractivity contribution in [2.24, 2.45) is 5.73 Å². The lowest BCUT2D eigenvalue weighted by Gasteiger charge is -2.09. The molecule has 148 valence electrons. The van der Waals surface area contributed by atoms with Crippen LogP contribution < -0.4 is 5.73 Å². The number of nitrogens with zero attached hydrogens (tertiary/aromatic N) is 1. The third-order valence-corrected chi connectivity index (χ3v) is 4.50. The van der Waals surface area contributed by atoms with Gasteiger partial charge in [0.2, 0.25) is 0 Å². The molecule has 6 nitrogen and oxygen atoms in total. The van der Waals surface area contributed by atoms with Crippen LogP contribution in [0.15, 0.2) is 12.5 Å². The maximum absolute atomic E-state index is 11.8. The zero-order chi connectivity index (χ0) is 19.0. The van der Waals surface area contributed by atoms with Gasteiger partial charge in [0.15, 0.2) is 0 Å². The van der Waals surface area contributed by atoms with Crippen LogP contribution in [0.3, 0.4) is 0 Å². The second kappa shape index (κ2) is 14.5. The summed E-state index contributed by atoms with van der Waals surface area (Å²) in [5.74, 6) is -1.15. The number of carbonyl (C=O) groups excluding carboxylic acids is 2. The molecule has 0 saturated carbocycles. The fourth-order valence-corrected chi connectivity index (χ4v) is 2.89. The Morgan fingerprint density at radius 3 is 2.15 bits per heavy atom. The van der Waals surface area contributed by atoms with E-state index in [9.17, 15) is 9.59 Å². The van der Waals surface area contributed by atoms with Crippen LogP contribution in [0.2, 0.25) is 0 Å². The number of unbranched alkanes of at least 4 members (excludes halogenated alkanes) is 10. The fourth-order valence-electron chi connectivity index (χ4n) is 2.89. The molecule has 0 aliphatic heterocycles. The summed E-state index contributed by atoms with van der Waals surface area (Å²) in [6.07, 6.45) is 17.1. The van der Waals surface area contributed by atoms with Gasteiger partial charge in [-0.25, -0.2) is 9.78 Å². The molecule has 0 aliphatic carbocycles. The molecule has 1 rings (SSSR count). The molecule has 0 fully saturated rings. The maximum Gasteiger partial charge on any atom is 0.330 e. The molecule has 26 heavy (non-hydrogen) atoms. The highest BCUT2D eigenvalue weighted by Crippen LogP contribution is 2.12. The van der Waals surface area contributed by atoms with Gasteiger partial charge in [-0.2, -0.15) is 0 Å². The van der Waals surface area contributed by atoms with Crippen molar-refractivity contribution in [2.75, 3.05) is 0 Å². The van der Waals surface area contributed by atoms with Gasteiger partial charge in [0.25, 0.3) is 0 Å². The minimum absolute atomic E-state index is 0.277. The number of rotatable bonds is 15. The van der Waals surface area contributed by atoms with E-state index < -0.39 is 18.0 Å². The van der Waals surface area contributed by atoms with Gasteiger partial charge in [-0.15, -0.1) is 0 Å². The van der Waals surface area contributed by atoms with Gasteiger partial charge < -0.3 is 15.5 Å². The van der Waals surface area contributed by atoms with Gasteiger partial charge in [0.05, 0.1) is 6.33 Å². The van der Waals surface area contributed by atoms with E-state index >= 15 is 0 Å². The number of carbonyl (C=O) groups is 2. The maximum atomic E-state index is 11.8. The van der Waals surface area contributed by atoms with E-state index in [-0.39, 0.29) is 12.8 Å². The first kappa shape index (κ1) is 22.4. The van der Waals surface area contributed by atoms with Crippen LogP contribution in [0.1, 0.15) is 89.7 Å². The first-order valence-corrected chi connectivity index (χ1v) is 10.1. The molecule has 1 atom stereocenters. The predicted octanol–water partition coefficient (Wildman–Crippen LogP) is 4.05. The summed E-state index contributed by atoms with van der Waals surface area (Å²) < 4.78 is 4.82. The SMILES string of the molecule is CCCCCCCCCCCCCC(=O)OC(=O)[C@@H](N)Cc1cnc[nH]1. The normalized spacial score (nSPS) is 12.1. The number of hydrogen-bond donors (Lipinski definition) is 2. The lowest BCUT2D eigenvalue weighted by Crippen LogP contribution is -2.35. The molecule has 0 saturated heterocycles. The van der Waals surface area contributed by atoms with E-state index in [1.165, 1.54) is 57.7 Å². The molecule has 1 heterocycles. The first-order valence-electron chi connectivity index (χ1n) is 10.1.